The largest absolute Gasteiger partial charge is 0.426 e. The monoisotopic (exact) mass is 504 g/mol. The van der Waals surface area contributed by atoms with Gasteiger partial charge in [0, 0.05) is 71.1 Å². The molecule has 0 atom stereocenters. The molecule has 1 aliphatic heterocycles. The zero-order chi connectivity index (χ0) is 26.3. The highest BCUT2D eigenvalue weighted by atomic mass is 19.4. The number of carbonyl (C=O) groups is 1. The van der Waals surface area contributed by atoms with E-state index >= 15 is 0 Å². The van der Waals surface area contributed by atoms with Crippen LogP contribution >= 0.6 is 0 Å². The molecule has 1 N–H and O–H groups in total. The lowest BCUT2D eigenvalue weighted by Crippen LogP contribution is -2.48. The van der Waals surface area contributed by atoms with Gasteiger partial charge in [0.25, 0.3) is 0 Å². The Morgan fingerprint density at radius 2 is 1.78 bits per heavy atom. The van der Waals surface area contributed by atoms with Crippen LogP contribution in [0.1, 0.15) is 25.0 Å². The topological polar surface area (TPSA) is 57.2 Å². The molecule has 1 aliphatic carbocycles. The lowest BCUT2D eigenvalue weighted by Gasteiger charge is -2.34. The highest BCUT2D eigenvalue weighted by molar-refractivity contribution is 6.16. The van der Waals surface area contributed by atoms with E-state index in [1.165, 1.54) is 20.0 Å². The van der Waals surface area contributed by atoms with E-state index in [0.717, 1.165) is 62.9 Å². The van der Waals surface area contributed by atoms with Gasteiger partial charge in [-0.05, 0) is 43.5 Å². The summed E-state index contributed by atoms with van der Waals surface area (Å²) >= 11 is 0. The molecule has 196 valence electrons. The van der Waals surface area contributed by atoms with Gasteiger partial charge >= 0.3 is 12.1 Å². The van der Waals surface area contributed by atoms with E-state index in [1.54, 1.807) is 13.0 Å². The molecule has 0 aromatic heterocycles. The van der Waals surface area contributed by atoms with E-state index < -0.39 is 11.7 Å². The van der Waals surface area contributed by atoms with Crippen molar-refractivity contribution < 1.29 is 22.7 Å². The highest BCUT2D eigenvalue weighted by Gasteiger charge is 2.38. The number of esters is 1. The zero-order valence-electron chi connectivity index (χ0n) is 21.4. The van der Waals surface area contributed by atoms with Crippen LogP contribution in [-0.4, -0.2) is 80.5 Å². The number of hydrogen-bond acceptors (Lipinski definition) is 6. The first-order valence-electron chi connectivity index (χ1n) is 12.2. The number of halogens is 3. The molecule has 1 aromatic rings. The highest BCUT2D eigenvalue weighted by Crippen LogP contribution is 2.32. The molecule has 3 rings (SSSR count). The molecule has 9 heteroatoms. The number of carbonyl (C=O) groups excluding carboxylic acids is 1. The van der Waals surface area contributed by atoms with E-state index in [2.05, 4.69) is 26.2 Å². The second kappa shape index (κ2) is 12.4. The van der Waals surface area contributed by atoms with Gasteiger partial charge in [-0.1, -0.05) is 24.3 Å². The summed E-state index contributed by atoms with van der Waals surface area (Å²) < 4.78 is 45.2. The summed E-state index contributed by atoms with van der Waals surface area (Å²) in [6.07, 6.45) is 0.601. The van der Waals surface area contributed by atoms with Crippen molar-refractivity contribution in [1.82, 2.24) is 15.1 Å². The fraction of sp³-hybridized carbons (Fsp3) is 0.481. The zero-order valence-corrected chi connectivity index (χ0v) is 21.4. The smallest absolute Gasteiger partial charge is 0.418 e. The molecule has 0 unspecified atom stereocenters. The molecule has 1 saturated heterocycles. The first-order chi connectivity index (χ1) is 17.1. The van der Waals surface area contributed by atoms with Crippen molar-refractivity contribution in [3.05, 3.63) is 64.4 Å². The summed E-state index contributed by atoms with van der Waals surface area (Å²) in [4.78, 5) is 20.0. The van der Waals surface area contributed by atoms with Crippen molar-refractivity contribution in [2.45, 2.75) is 33.4 Å². The molecular formula is C27H35F3N4O2. The molecule has 0 amide bonds. The number of aliphatic imine (C=N–C) groups is 1. The van der Waals surface area contributed by atoms with Gasteiger partial charge in [0.1, 0.15) is 5.75 Å². The number of rotatable bonds is 8. The summed E-state index contributed by atoms with van der Waals surface area (Å²) in [5.74, 6) is 0.304. The minimum atomic E-state index is -4.44. The molecular weight excluding hydrogens is 469 g/mol. The van der Waals surface area contributed by atoms with Crippen LogP contribution < -0.4 is 10.1 Å². The number of alkyl halides is 3. The first kappa shape index (κ1) is 27.7. The molecule has 1 aromatic carbocycles. The average Bonchev–Trinajstić information content (AvgIpc) is 2.83. The van der Waals surface area contributed by atoms with Crippen molar-refractivity contribution in [3.63, 3.8) is 0 Å². The molecule has 0 saturated carbocycles. The predicted octanol–water partition coefficient (Wildman–Crippen LogP) is 4.07. The fourth-order valence-electron chi connectivity index (χ4n) is 4.40. The third kappa shape index (κ3) is 7.54. The maximum atomic E-state index is 13.3. The van der Waals surface area contributed by atoms with Crippen LogP contribution in [0.25, 0.3) is 0 Å². The number of benzene rings is 1. The standard InChI is InChI=1S/C27H35F3N4O2/c1-19-8-9-22(18-25(19)36-21(3)35)10-12-33-14-16-34(17-15-33)13-11-32-20(2)23-6-5-7-24(26(23)31-4)27(28,29)30/h5-9,18,32H,10-17H2,1-4H3/b23-20+,31-26+. The van der Waals surface area contributed by atoms with Crippen LogP contribution in [0, 0.1) is 6.92 Å². The van der Waals surface area contributed by atoms with Crippen LogP contribution in [-0.2, 0) is 11.2 Å². The summed E-state index contributed by atoms with van der Waals surface area (Å²) in [7, 11) is 1.39. The molecule has 1 heterocycles. The van der Waals surface area contributed by atoms with E-state index in [0.29, 0.717) is 23.6 Å². The first-order valence-corrected chi connectivity index (χ1v) is 12.2. The van der Waals surface area contributed by atoms with Crippen LogP contribution in [0.2, 0.25) is 0 Å². The Bertz CT molecular complexity index is 1070. The second-order valence-corrected chi connectivity index (χ2v) is 9.10. The van der Waals surface area contributed by atoms with Gasteiger partial charge in [0.15, 0.2) is 0 Å². The third-order valence-electron chi connectivity index (χ3n) is 6.48. The van der Waals surface area contributed by atoms with E-state index in [-0.39, 0.29) is 11.7 Å². The van der Waals surface area contributed by atoms with Gasteiger partial charge in [-0.15, -0.1) is 0 Å². The number of aryl methyl sites for hydroxylation is 1. The number of ether oxygens (including phenoxy) is 1. The van der Waals surface area contributed by atoms with Gasteiger partial charge in [-0.3, -0.25) is 14.7 Å². The Labute approximate surface area is 211 Å². The maximum absolute atomic E-state index is 13.3. The normalized spacial score (nSPS) is 19.9. The Kier molecular flexibility index (Phi) is 9.50. The Morgan fingerprint density at radius 1 is 1.11 bits per heavy atom. The quantitative estimate of drug-likeness (QED) is 0.427. The maximum Gasteiger partial charge on any atom is 0.418 e. The molecule has 1 fully saturated rings. The van der Waals surface area contributed by atoms with E-state index in [4.69, 9.17) is 4.74 Å². The molecule has 6 nitrogen and oxygen atoms in total. The van der Waals surface area contributed by atoms with Crippen molar-refractivity contribution in [3.8, 4) is 5.75 Å². The van der Waals surface area contributed by atoms with Crippen molar-refractivity contribution in [1.29, 1.82) is 0 Å². The Hall–Kier alpha value is -2.91. The van der Waals surface area contributed by atoms with Crippen molar-refractivity contribution >= 4 is 11.7 Å². The summed E-state index contributed by atoms with van der Waals surface area (Å²) in [6, 6.07) is 6.00. The molecule has 0 bridgehead atoms. The lowest BCUT2D eigenvalue weighted by molar-refractivity contribution is -0.131. The Morgan fingerprint density at radius 3 is 2.39 bits per heavy atom. The number of hydrogen-bond donors (Lipinski definition) is 1. The van der Waals surface area contributed by atoms with Crippen LogP contribution in [0.5, 0.6) is 5.75 Å². The minimum absolute atomic E-state index is 0.0304. The molecule has 36 heavy (non-hydrogen) atoms. The van der Waals surface area contributed by atoms with Gasteiger partial charge in [-0.2, -0.15) is 13.2 Å². The summed E-state index contributed by atoms with van der Waals surface area (Å²) in [5.41, 5.74) is 2.50. The van der Waals surface area contributed by atoms with Gasteiger partial charge in [-0.25, -0.2) is 0 Å². The molecule has 2 aliphatic rings. The predicted molar refractivity (Wildman–Crippen MR) is 136 cm³/mol. The third-order valence-corrected chi connectivity index (χ3v) is 6.48. The lowest BCUT2D eigenvalue weighted by atomic mass is 9.95. The second-order valence-electron chi connectivity index (χ2n) is 9.10. The Balaban J connectivity index is 1.43. The van der Waals surface area contributed by atoms with E-state index in [9.17, 15) is 18.0 Å². The molecule has 0 spiro atoms. The summed E-state index contributed by atoms with van der Waals surface area (Å²) in [6.45, 7) is 11.3. The number of nitrogens with zero attached hydrogens (tertiary/aromatic N) is 3. The van der Waals surface area contributed by atoms with Gasteiger partial charge < -0.3 is 15.0 Å². The SMILES string of the molecule is C/N=C1/C(C(F)(F)F)=CC=C/C1=C(/C)NCCN1CCN(CCc2ccc(C)c(OC(C)=O)c2)CC1. The minimum Gasteiger partial charge on any atom is -0.426 e. The number of allylic oxidation sites excluding steroid dienone is 6. The van der Waals surface area contributed by atoms with Crippen LogP contribution in [0.3, 0.4) is 0 Å². The van der Waals surface area contributed by atoms with Gasteiger partial charge in [0.2, 0.25) is 0 Å². The van der Waals surface area contributed by atoms with Crippen molar-refractivity contribution in [2.24, 2.45) is 4.99 Å². The van der Waals surface area contributed by atoms with Crippen LogP contribution in [0.15, 0.2) is 58.3 Å². The summed E-state index contributed by atoms with van der Waals surface area (Å²) in [5, 5.41) is 3.28. The van der Waals surface area contributed by atoms with Gasteiger partial charge in [0.05, 0.1) is 11.3 Å². The van der Waals surface area contributed by atoms with Crippen LogP contribution in [0.4, 0.5) is 13.2 Å². The number of nitrogens with one attached hydrogen (secondary N) is 1. The average molecular weight is 505 g/mol. The molecule has 0 radical (unpaired) electrons. The fourth-order valence-corrected chi connectivity index (χ4v) is 4.40. The van der Waals surface area contributed by atoms with Crippen molar-refractivity contribution in [2.75, 3.05) is 52.9 Å². The van der Waals surface area contributed by atoms with E-state index in [1.807, 2.05) is 19.1 Å². The number of piperazine rings is 1.